The second-order valence-electron chi connectivity index (χ2n) is 6.82. The summed E-state index contributed by atoms with van der Waals surface area (Å²) in [6.45, 7) is 4.86. The Hall–Kier alpha value is -0.900. The molecule has 3 aliphatic rings. The average Bonchev–Trinajstić information content (AvgIpc) is 2.65. The minimum absolute atomic E-state index is 0.00608. The van der Waals surface area contributed by atoms with E-state index in [1.165, 1.54) is 0 Å². The third kappa shape index (κ3) is 2.31. The SMILES string of the molecule is CC1(CN2C(=O)C3CCCCC3C2=O)CCNCC1. The van der Waals surface area contributed by atoms with E-state index in [0.717, 1.165) is 51.6 Å². The lowest BCUT2D eigenvalue weighted by Gasteiger charge is -2.36. The predicted octanol–water partition coefficient (Wildman–Crippen LogP) is 1.55. The van der Waals surface area contributed by atoms with Crippen LogP contribution in [0.15, 0.2) is 0 Å². The summed E-state index contributed by atoms with van der Waals surface area (Å²) >= 11 is 0. The van der Waals surface area contributed by atoms with Crippen LogP contribution in [0.5, 0.6) is 0 Å². The van der Waals surface area contributed by atoms with Gasteiger partial charge in [0.05, 0.1) is 11.8 Å². The second kappa shape index (κ2) is 4.89. The van der Waals surface area contributed by atoms with Crippen molar-refractivity contribution in [1.82, 2.24) is 10.2 Å². The molecule has 0 aromatic heterocycles. The molecule has 0 bridgehead atoms. The van der Waals surface area contributed by atoms with Crippen LogP contribution in [0.1, 0.15) is 45.4 Å². The summed E-state index contributed by atoms with van der Waals surface area (Å²) in [5.41, 5.74) is 0.115. The Kier molecular flexibility index (Phi) is 3.37. The molecule has 2 amide bonds. The number of nitrogens with zero attached hydrogens (tertiary/aromatic N) is 1. The van der Waals surface area contributed by atoms with Gasteiger partial charge in [0.25, 0.3) is 0 Å². The highest BCUT2D eigenvalue weighted by Gasteiger charge is 2.49. The van der Waals surface area contributed by atoms with Crippen molar-refractivity contribution in [2.24, 2.45) is 17.3 Å². The number of hydrogen-bond donors (Lipinski definition) is 1. The Morgan fingerprint density at radius 3 is 2.16 bits per heavy atom. The number of nitrogens with one attached hydrogen (secondary N) is 1. The molecule has 2 aliphatic heterocycles. The molecule has 1 aliphatic carbocycles. The van der Waals surface area contributed by atoms with Crippen LogP contribution >= 0.6 is 0 Å². The van der Waals surface area contributed by atoms with E-state index < -0.39 is 0 Å². The lowest BCUT2D eigenvalue weighted by Crippen LogP contribution is -2.45. The van der Waals surface area contributed by atoms with Gasteiger partial charge in [-0.05, 0) is 44.2 Å². The molecule has 2 saturated heterocycles. The first-order chi connectivity index (χ1) is 9.11. The van der Waals surface area contributed by atoms with Crippen LogP contribution in [0.3, 0.4) is 0 Å². The molecule has 4 heteroatoms. The van der Waals surface area contributed by atoms with Gasteiger partial charge in [0.15, 0.2) is 0 Å². The Morgan fingerprint density at radius 1 is 1.11 bits per heavy atom. The topological polar surface area (TPSA) is 49.4 Å². The van der Waals surface area contributed by atoms with E-state index in [1.807, 2.05) is 0 Å². The molecule has 1 N–H and O–H groups in total. The molecule has 2 heterocycles. The zero-order valence-electron chi connectivity index (χ0n) is 11.8. The zero-order chi connectivity index (χ0) is 13.5. The maximum atomic E-state index is 12.5. The molecular formula is C15H24N2O2. The molecule has 3 rings (SSSR count). The number of carbonyl (C=O) groups excluding carboxylic acids is 2. The van der Waals surface area contributed by atoms with Gasteiger partial charge in [0.1, 0.15) is 0 Å². The predicted molar refractivity (Wildman–Crippen MR) is 72.4 cm³/mol. The van der Waals surface area contributed by atoms with Crippen molar-refractivity contribution < 1.29 is 9.59 Å². The van der Waals surface area contributed by atoms with Gasteiger partial charge < -0.3 is 5.32 Å². The van der Waals surface area contributed by atoms with Gasteiger partial charge in [0.2, 0.25) is 11.8 Å². The maximum absolute atomic E-state index is 12.5. The van der Waals surface area contributed by atoms with Crippen LogP contribution in [-0.4, -0.2) is 36.3 Å². The normalized spacial score (nSPS) is 34.5. The van der Waals surface area contributed by atoms with Gasteiger partial charge in [-0.2, -0.15) is 0 Å². The summed E-state index contributed by atoms with van der Waals surface area (Å²) in [6.07, 6.45) is 6.16. The smallest absolute Gasteiger partial charge is 0.233 e. The molecule has 0 aromatic carbocycles. The van der Waals surface area contributed by atoms with Crippen molar-refractivity contribution >= 4 is 11.8 Å². The van der Waals surface area contributed by atoms with Gasteiger partial charge in [-0.1, -0.05) is 19.8 Å². The fraction of sp³-hybridized carbons (Fsp3) is 0.867. The average molecular weight is 264 g/mol. The van der Waals surface area contributed by atoms with Crippen molar-refractivity contribution in [2.75, 3.05) is 19.6 Å². The van der Waals surface area contributed by atoms with Gasteiger partial charge in [-0.3, -0.25) is 14.5 Å². The standard InChI is InChI=1S/C15H24N2O2/c1-15(6-8-16-9-7-15)10-17-13(18)11-4-2-3-5-12(11)14(17)19/h11-12,16H,2-10H2,1H3. The number of fused-ring (bicyclic) bond motifs is 1. The summed E-state index contributed by atoms with van der Waals surface area (Å²) in [4.78, 5) is 26.5. The summed E-state index contributed by atoms with van der Waals surface area (Å²) in [5, 5.41) is 3.35. The second-order valence-corrected chi connectivity index (χ2v) is 6.82. The fourth-order valence-electron chi connectivity index (χ4n) is 3.96. The fourth-order valence-corrected chi connectivity index (χ4v) is 3.96. The minimum Gasteiger partial charge on any atom is -0.317 e. The lowest BCUT2D eigenvalue weighted by molar-refractivity contribution is -0.142. The molecule has 2 unspecified atom stereocenters. The van der Waals surface area contributed by atoms with Gasteiger partial charge in [-0.15, -0.1) is 0 Å². The zero-order valence-corrected chi connectivity index (χ0v) is 11.8. The monoisotopic (exact) mass is 264 g/mol. The van der Waals surface area contributed by atoms with Crippen molar-refractivity contribution in [3.63, 3.8) is 0 Å². The molecule has 0 spiro atoms. The quantitative estimate of drug-likeness (QED) is 0.770. The third-order valence-electron chi connectivity index (χ3n) is 5.28. The number of hydrogen-bond acceptors (Lipinski definition) is 3. The van der Waals surface area contributed by atoms with Crippen LogP contribution in [0, 0.1) is 17.3 Å². The van der Waals surface area contributed by atoms with Crippen LogP contribution in [0.2, 0.25) is 0 Å². The molecular weight excluding hydrogens is 240 g/mol. The molecule has 3 fully saturated rings. The summed E-state index contributed by atoms with van der Waals surface area (Å²) in [6, 6.07) is 0. The molecule has 0 radical (unpaired) electrons. The highest BCUT2D eigenvalue weighted by atomic mass is 16.2. The number of likely N-dealkylation sites (tertiary alicyclic amines) is 1. The van der Waals surface area contributed by atoms with Gasteiger partial charge in [0, 0.05) is 6.54 Å². The van der Waals surface area contributed by atoms with Crippen LogP contribution in [0.4, 0.5) is 0 Å². The molecule has 2 atom stereocenters. The summed E-state index contributed by atoms with van der Waals surface area (Å²) in [5.74, 6) is 0.252. The van der Waals surface area contributed by atoms with E-state index in [-0.39, 0.29) is 29.1 Å². The Balaban J connectivity index is 1.73. The minimum atomic E-state index is 0.00608. The molecule has 0 aromatic rings. The molecule has 1 saturated carbocycles. The first kappa shape index (κ1) is 13.1. The number of amides is 2. The van der Waals surface area contributed by atoms with Crippen molar-refractivity contribution in [3.05, 3.63) is 0 Å². The molecule has 106 valence electrons. The number of rotatable bonds is 2. The van der Waals surface area contributed by atoms with Crippen molar-refractivity contribution in [1.29, 1.82) is 0 Å². The van der Waals surface area contributed by atoms with E-state index >= 15 is 0 Å². The van der Waals surface area contributed by atoms with E-state index in [1.54, 1.807) is 4.90 Å². The Morgan fingerprint density at radius 2 is 1.63 bits per heavy atom. The van der Waals surface area contributed by atoms with Crippen LogP contribution < -0.4 is 5.32 Å². The van der Waals surface area contributed by atoms with Crippen molar-refractivity contribution in [3.8, 4) is 0 Å². The first-order valence-corrected chi connectivity index (χ1v) is 7.67. The highest BCUT2D eigenvalue weighted by molar-refractivity contribution is 6.05. The molecule has 19 heavy (non-hydrogen) atoms. The molecule has 4 nitrogen and oxygen atoms in total. The van der Waals surface area contributed by atoms with Gasteiger partial charge >= 0.3 is 0 Å². The summed E-state index contributed by atoms with van der Waals surface area (Å²) in [7, 11) is 0. The van der Waals surface area contributed by atoms with Gasteiger partial charge in [-0.25, -0.2) is 0 Å². The van der Waals surface area contributed by atoms with Crippen LogP contribution in [-0.2, 0) is 9.59 Å². The van der Waals surface area contributed by atoms with E-state index in [9.17, 15) is 9.59 Å². The third-order valence-corrected chi connectivity index (χ3v) is 5.28. The van der Waals surface area contributed by atoms with Crippen LogP contribution in [0.25, 0.3) is 0 Å². The van der Waals surface area contributed by atoms with E-state index in [0.29, 0.717) is 6.54 Å². The lowest BCUT2D eigenvalue weighted by atomic mass is 9.80. The maximum Gasteiger partial charge on any atom is 0.233 e. The largest absolute Gasteiger partial charge is 0.317 e. The van der Waals surface area contributed by atoms with Crippen molar-refractivity contribution in [2.45, 2.75) is 45.4 Å². The Bertz CT molecular complexity index is 364. The van der Waals surface area contributed by atoms with E-state index in [4.69, 9.17) is 0 Å². The first-order valence-electron chi connectivity index (χ1n) is 7.67. The highest BCUT2D eigenvalue weighted by Crippen LogP contribution is 2.40. The number of imide groups is 1. The Labute approximate surface area is 114 Å². The summed E-state index contributed by atoms with van der Waals surface area (Å²) < 4.78 is 0. The number of piperidine rings is 1. The number of carbonyl (C=O) groups is 2. The van der Waals surface area contributed by atoms with E-state index in [2.05, 4.69) is 12.2 Å².